The molecule has 1 aromatic rings. The maximum absolute atomic E-state index is 6.39. The van der Waals surface area contributed by atoms with E-state index < -0.39 is 0 Å². The molecule has 0 radical (unpaired) electrons. The van der Waals surface area contributed by atoms with E-state index >= 15 is 0 Å². The van der Waals surface area contributed by atoms with Gasteiger partial charge in [-0.1, -0.05) is 30.7 Å². The lowest BCUT2D eigenvalue weighted by Gasteiger charge is -2.22. The van der Waals surface area contributed by atoms with Crippen LogP contribution < -0.4 is 0 Å². The van der Waals surface area contributed by atoms with Gasteiger partial charge in [0, 0.05) is 43.2 Å². The fourth-order valence-electron chi connectivity index (χ4n) is 3.18. The normalized spacial score (nSPS) is 25.6. The summed E-state index contributed by atoms with van der Waals surface area (Å²) in [5.74, 6) is 0.740. The van der Waals surface area contributed by atoms with E-state index in [-0.39, 0.29) is 0 Å². The highest BCUT2D eigenvalue weighted by atomic mass is 79.9. The molecule has 1 saturated carbocycles. The quantitative estimate of drug-likeness (QED) is 0.806. The Hall–Kier alpha value is -0.0900. The SMILES string of the molecule is CC1CN(Cc2cccc(Br)c2Cl)CCN(C2CC2)C1. The number of rotatable bonds is 3. The second-order valence-corrected chi connectivity index (χ2v) is 7.51. The summed E-state index contributed by atoms with van der Waals surface area (Å²) in [7, 11) is 0. The number of nitrogens with zero attached hydrogens (tertiary/aromatic N) is 2. The zero-order valence-electron chi connectivity index (χ0n) is 12.0. The van der Waals surface area contributed by atoms with Gasteiger partial charge in [-0.25, -0.2) is 0 Å². The summed E-state index contributed by atoms with van der Waals surface area (Å²) in [5, 5.41) is 0.864. The lowest BCUT2D eigenvalue weighted by molar-refractivity contribution is 0.246. The molecule has 1 aliphatic carbocycles. The van der Waals surface area contributed by atoms with E-state index in [0.717, 1.165) is 34.5 Å². The van der Waals surface area contributed by atoms with Gasteiger partial charge >= 0.3 is 0 Å². The first-order valence-electron chi connectivity index (χ1n) is 7.53. The predicted octanol–water partition coefficient (Wildman–Crippen LogP) is 4.02. The third kappa shape index (κ3) is 3.56. The molecule has 0 bridgehead atoms. The minimum absolute atomic E-state index is 0.740. The molecule has 1 saturated heterocycles. The molecule has 1 aromatic carbocycles. The van der Waals surface area contributed by atoms with E-state index in [1.165, 1.54) is 38.0 Å². The maximum atomic E-state index is 6.39. The van der Waals surface area contributed by atoms with Crippen molar-refractivity contribution in [1.82, 2.24) is 9.80 Å². The van der Waals surface area contributed by atoms with Crippen LogP contribution in [0.1, 0.15) is 25.3 Å². The average Bonchev–Trinajstić information content (AvgIpc) is 3.23. The largest absolute Gasteiger partial charge is 0.299 e. The van der Waals surface area contributed by atoms with E-state index in [1.54, 1.807) is 0 Å². The Kier molecular flexibility index (Phi) is 4.71. The first kappa shape index (κ1) is 14.8. The molecule has 2 nitrogen and oxygen atoms in total. The summed E-state index contributed by atoms with van der Waals surface area (Å²) in [4.78, 5) is 5.24. The summed E-state index contributed by atoms with van der Waals surface area (Å²) < 4.78 is 0.999. The van der Waals surface area contributed by atoms with E-state index in [9.17, 15) is 0 Å². The van der Waals surface area contributed by atoms with Gasteiger partial charge in [0.2, 0.25) is 0 Å². The highest BCUT2D eigenvalue weighted by molar-refractivity contribution is 9.10. The number of halogens is 2. The second kappa shape index (κ2) is 6.35. The Morgan fingerprint density at radius 2 is 2.05 bits per heavy atom. The smallest absolute Gasteiger partial charge is 0.0593 e. The Labute approximate surface area is 135 Å². The van der Waals surface area contributed by atoms with Crippen molar-refractivity contribution in [3.05, 3.63) is 33.3 Å². The fourth-order valence-corrected chi connectivity index (χ4v) is 3.77. The van der Waals surface area contributed by atoms with Crippen molar-refractivity contribution < 1.29 is 0 Å². The zero-order chi connectivity index (χ0) is 14.1. The van der Waals surface area contributed by atoms with Crippen LogP contribution in [0, 0.1) is 5.92 Å². The molecule has 0 spiro atoms. The van der Waals surface area contributed by atoms with E-state index in [2.05, 4.69) is 44.8 Å². The summed E-state index contributed by atoms with van der Waals surface area (Å²) in [6.07, 6.45) is 2.81. The zero-order valence-corrected chi connectivity index (χ0v) is 14.3. The van der Waals surface area contributed by atoms with Crippen LogP contribution in [0.5, 0.6) is 0 Å². The molecule has 20 heavy (non-hydrogen) atoms. The molecule has 1 heterocycles. The molecule has 110 valence electrons. The topological polar surface area (TPSA) is 6.48 Å². The molecule has 3 rings (SSSR count). The third-order valence-electron chi connectivity index (χ3n) is 4.31. The minimum Gasteiger partial charge on any atom is -0.299 e. The Morgan fingerprint density at radius 1 is 1.25 bits per heavy atom. The highest BCUT2D eigenvalue weighted by Crippen LogP contribution is 2.30. The third-order valence-corrected chi connectivity index (χ3v) is 5.64. The second-order valence-electron chi connectivity index (χ2n) is 6.28. The molecule has 0 aromatic heterocycles. The van der Waals surface area contributed by atoms with Gasteiger partial charge in [0.05, 0.1) is 5.02 Å². The standard InChI is InChI=1S/C16H22BrClN2/c1-12-9-19(7-8-20(10-12)14-5-6-14)11-13-3-2-4-15(17)16(13)18/h2-4,12,14H,5-11H2,1H3. The summed E-state index contributed by atoms with van der Waals surface area (Å²) in [5.41, 5.74) is 1.23. The molecule has 2 aliphatic rings. The van der Waals surface area contributed by atoms with Crippen LogP contribution in [-0.2, 0) is 6.54 Å². The highest BCUT2D eigenvalue weighted by Gasteiger charge is 2.31. The van der Waals surface area contributed by atoms with Crippen LogP contribution in [-0.4, -0.2) is 42.0 Å². The Balaban J connectivity index is 1.66. The van der Waals surface area contributed by atoms with Gasteiger partial charge in [0.25, 0.3) is 0 Å². The van der Waals surface area contributed by atoms with Gasteiger partial charge in [-0.05, 0) is 46.3 Å². The van der Waals surface area contributed by atoms with Crippen LogP contribution in [0.15, 0.2) is 22.7 Å². The average molecular weight is 358 g/mol. The van der Waals surface area contributed by atoms with Crippen molar-refractivity contribution in [3.63, 3.8) is 0 Å². The number of hydrogen-bond donors (Lipinski definition) is 0. The van der Waals surface area contributed by atoms with Gasteiger partial charge in [0.15, 0.2) is 0 Å². The van der Waals surface area contributed by atoms with Crippen LogP contribution >= 0.6 is 27.5 Å². The van der Waals surface area contributed by atoms with Gasteiger partial charge in [-0.2, -0.15) is 0 Å². The summed E-state index contributed by atoms with van der Waals surface area (Å²) in [6.45, 7) is 8.13. The molecule has 1 atom stereocenters. The van der Waals surface area contributed by atoms with Gasteiger partial charge in [-0.15, -0.1) is 0 Å². The van der Waals surface area contributed by atoms with Gasteiger partial charge in [0.1, 0.15) is 0 Å². The van der Waals surface area contributed by atoms with E-state index in [0.29, 0.717) is 0 Å². The van der Waals surface area contributed by atoms with Crippen LogP contribution in [0.4, 0.5) is 0 Å². The van der Waals surface area contributed by atoms with Crippen molar-refractivity contribution >= 4 is 27.5 Å². The number of hydrogen-bond acceptors (Lipinski definition) is 2. The lowest BCUT2D eigenvalue weighted by atomic mass is 10.1. The van der Waals surface area contributed by atoms with Crippen LogP contribution in [0.3, 0.4) is 0 Å². The van der Waals surface area contributed by atoms with Gasteiger partial charge in [-0.3, -0.25) is 9.80 Å². The summed E-state index contributed by atoms with van der Waals surface area (Å²) >= 11 is 9.91. The molecule has 4 heteroatoms. The lowest BCUT2D eigenvalue weighted by Crippen LogP contribution is -2.32. The van der Waals surface area contributed by atoms with Crippen LogP contribution in [0.25, 0.3) is 0 Å². The van der Waals surface area contributed by atoms with Crippen molar-refractivity contribution in [1.29, 1.82) is 0 Å². The molecule has 0 N–H and O–H groups in total. The van der Waals surface area contributed by atoms with Crippen molar-refractivity contribution in [3.8, 4) is 0 Å². The van der Waals surface area contributed by atoms with Crippen molar-refractivity contribution in [2.45, 2.75) is 32.4 Å². The van der Waals surface area contributed by atoms with Gasteiger partial charge < -0.3 is 0 Å². The van der Waals surface area contributed by atoms with E-state index in [1.807, 2.05) is 6.07 Å². The van der Waals surface area contributed by atoms with Crippen molar-refractivity contribution in [2.75, 3.05) is 26.2 Å². The first-order valence-corrected chi connectivity index (χ1v) is 8.70. The monoisotopic (exact) mass is 356 g/mol. The predicted molar refractivity (Wildman–Crippen MR) is 88.2 cm³/mol. The summed E-state index contributed by atoms with van der Waals surface area (Å²) in [6, 6.07) is 7.10. The maximum Gasteiger partial charge on any atom is 0.0593 e. The molecule has 0 amide bonds. The van der Waals surface area contributed by atoms with Crippen molar-refractivity contribution in [2.24, 2.45) is 5.92 Å². The van der Waals surface area contributed by atoms with Crippen LogP contribution in [0.2, 0.25) is 5.02 Å². The molecule has 1 unspecified atom stereocenters. The first-order chi connectivity index (χ1) is 9.63. The molecular weight excluding hydrogens is 336 g/mol. The molecular formula is C16H22BrClN2. The molecule has 2 fully saturated rings. The number of benzene rings is 1. The fraction of sp³-hybridized carbons (Fsp3) is 0.625. The Bertz CT molecular complexity index is 476. The van der Waals surface area contributed by atoms with E-state index in [4.69, 9.17) is 11.6 Å². The Morgan fingerprint density at radius 3 is 2.80 bits per heavy atom. The molecule has 1 aliphatic heterocycles. The minimum atomic E-state index is 0.740.